The predicted molar refractivity (Wildman–Crippen MR) is 91.8 cm³/mol. The first-order chi connectivity index (χ1) is 10.9. The highest BCUT2D eigenvalue weighted by atomic mass is 16.6. The smallest absolute Gasteiger partial charge is 0.418 e. The van der Waals surface area contributed by atoms with Gasteiger partial charge < -0.3 is 9.64 Å². The maximum Gasteiger partial charge on any atom is 0.418 e. The van der Waals surface area contributed by atoms with E-state index in [1.807, 2.05) is 33.2 Å². The molecule has 1 atom stereocenters. The van der Waals surface area contributed by atoms with Crippen molar-refractivity contribution in [2.45, 2.75) is 32.4 Å². The molecular weight excluding hydrogens is 288 g/mol. The molecule has 3 heterocycles. The molecule has 0 saturated heterocycles. The van der Waals surface area contributed by atoms with E-state index in [9.17, 15) is 4.79 Å². The molecule has 0 aliphatic carbocycles. The summed E-state index contributed by atoms with van der Waals surface area (Å²) in [6, 6.07) is 6.52. The summed E-state index contributed by atoms with van der Waals surface area (Å²) in [6.45, 7) is 6.52. The molecule has 0 fully saturated rings. The van der Waals surface area contributed by atoms with Crippen molar-refractivity contribution in [2.75, 3.05) is 11.4 Å². The molecule has 1 aromatic rings. The Hall–Kier alpha value is -2.49. The largest absolute Gasteiger partial charge is 0.443 e. The number of hydrogen-bond acceptors (Lipinski definition) is 3. The second kappa shape index (κ2) is 4.75. The molecule has 0 spiro atoms. The summed E-state index contributed by atoms with van der Waals surface area (Å²) in [5, 5.41) is 0. The number of carbonyl (C=O) groups is 1. The molecule has 0 aromatic heterocycles. The molecule has 1 unspecified atom stereocenters. The third-order valence-corrected chi connectivity index (χ3v) is 4.23. The Labute approximate surface area is 136 Å². The van der Waals surface area contributed by atoms with Crippen molar-refractivity contribution in [1.82, 2.24) is 4.90 Å². The Bertz CT molecular complexity index is 768. The van der Waals surface area contributed by atoms with Crippen LogP contribution in [-0.4, -0.2) is 29.2 Å². The van der Waals surface area contributed by atoms with Crippen LogP contribution in [0.5, 0.6) is 0 Å². The molecule has 4 rings (SSSR count). The van der Waals surface area contributed by atoms with Gasteiger partial charge in [0.05, 0.1) is 11.7 Å². The van der Waals surface area contributed by atoms with Gasteiger partial charge in [-0.1, -0.05) is 30.4 Å². The molecule has 23 heavy (non-hydrogen) atoms. The van der Waals surface area contributed by atoms with E-state index in [2.05, 4.69) is 41.3 Å². The van der Waals surface area contributed by atoms with Crippen LogP contribution >= 0.6 is 0 Å². The number of amides is 1. The highest BCUT2D eigenvalue weighted by Gasteiger charge is 2.37. The molecule has 0 bridgehead atoms. The monoisotopic (exact) mass is 308 g/mol. The van der Waals surface area contributed by atoms with E-state index >= 15 is 0 Å². The zero-order valence-electron chi connectivity index (χ0n) is 13.6. The molecule has 4 nitrogen and oxygen atoms in total. The number of benzene rings is 1. The Kier molecular flexibility index (Phi) is 2.92. The Morgan fingerprint density at radius 3 is 2.91 bits per heavy atom. The van der Waals surface area contributed by atoms with Crippen LogP contribution in [0.3, 0.4) is 0 Å². The summed E-state index contributed by atoms with van der Waals surface area (Å²) in [6.07, 6.45) is 9.80. The van der Waals surface area contributed by atoms with Gasteiger partial charge in [0.15, 0.2) is 0 Å². The average Bonchev–Trinajstić information content (AvgIpc) is 2.82. The van der Waals surface area contributed by atoms with E-state index in [4.69, 9.17) is 4.74 Å². The normalized spacial score (nSPS) is 21.0. The molecule has 3 aliphatic heterocycles. The fraction of sp³-hybridized carbons (Fsp3) is 0.316. The third-order valence-electron chi connectivity index (χ3n) is 4.23. The molecule has 118 valence electrons. The average molecular weight is 308 g/mol. The maximum absolute atomic E-state index is 12.3. The molecule has 0 N–H and O–H groups in total. The fourth-order valence-corrected chi connectivity index (χ4v) is 3.36. The van der Waals surface area contributed by atoms with Crippen molar-refractivity contribution in [3.63, 3.8) is 0 Å². The summed E-state index contributed by atoms with van der Waals surface area (Å²) in [7, 11) is 0. The van der Waals surface area contributed by atoms with Crippen LogP contribution in [0.4, 0.5) is 10.5 Å². The first-order valence-corrected chi connectivity index (χ1v) is 7.92. The van der Waals surface area contributed by atoms with Crippen molar-refractivity contribution in [3.05, 3.63) is 53.9 Å². The molecule has 1 aromatic carbocycles. The molecule has 0 radical (unpaired) electrons. The zero-order chi connectivity index (χ0) is 16.2. The van der Waals surface area contributed by atoms with Gasteiger partial charge in [-0.25, -0.2) is 4.79 Å². The van der Waals surface area contributed by atoms with Crippen LogP contribution in [-0.2, 0) is 4.74 Å². The van der Waals surface area contributed by atoms with Crippen LogP contribution < -0.4 is 4.90 Å². The third kappa shape index (κ3) is 2.25. The predicted octanol–water partition coefficient (Wildman–Crippen LogP) is 4.01. The van der Waals surface area contributed by atoms with E-state index in [1.165, 1.54) is 16.8 Å². The number of ether oxygens (including phenoxy) is 1. The first-order valence-electron chi connectivity index (χ1n) is 7.92. The number of para-hydroxylation sites is 1. The zero-order valence-corrected chi connectivity index (χ0v) is 13.6. The summed E-state index contributed by atoms with van der Waals surface area (Å²) in [5.74, 6) is 0. The minimum absolute atomic E-state index is 0.190. The minimum Gasteiger partial charge on any atom is -0.443 e. The number of anilines is 1. The van der Waals surface area contributed by atoms with Crippen molar-refractivity contribution in [1.29, 1.82) is 0 Å². The quantitative estimate of drug-likeness (QED) is 0.726. The van der Waals surface area contributed by atoms with E-state index in [0.29, 0.717) is 0 Å². The number of fused-ring (bicyclic) bond motifs is 3. The van der Waals surface area contributed by atoms with Crippen molar-refractivity contribution in [3.8, 4) is 0 Å². The van der Waals surface area contributed by atoms with Gasteiger partial charge in [0.2, 0.25) is 0 Å². The van der Waals surface area contributed by atoms with Crippen LogP contribution in [0.2, 0.25) is 0 Å². The number of nitrogens with zero attached hydrogens (tertiary/aromatic N) is 2. The summed E-state index contributed by atoms with van der Waals surface area (Å²) in [5.41, 5.74) is 4.36. The standard InChI is InChI=1S/C19H20N2O2/c1-19(2,3)23-18(22)20-11-9-16-15(12-20)14-8-4-6-13-7-5-10-21(16)17(13)14/h4-9,11-12,16H,10H2,1-3H3. The van der Waals surface area contributed by atoms with E-state index in [1.54, 1.807) is 4.90 Å². The minimum atomic E-state index is -0.500. The van der Waals surface area contributed by atoms with Crippen molar-refractivity contribution >= 4 is 23.4 Å². The maximum atomic E-state index is 12.3. The first kappa shape index (κ1) is 14.1. The second-order valence-electron chi connectivity index (χ2n) is 7.06. The Balaban J connectivity index is 1.72. The molecule has 4 heteroatoms. The number of rotatable bonds is 0. The second-order valence-corrected chi connectivity index (χ2v) is 7.06. The summed E-state index contributed by atoms with van der Waals surface area (Å²) >= 11 is 0. The lowest BCUT2D eigenvalue weighted by atomic mass is 10.00. The van der Waals surface area contributed by atoms with E-state index < -0.39 is 5.60 Å². The summed E-state index contributed by atoms with van der Waals surface area (Å²) < 4.78 is 5.47. The summed E-state index contributed by atoms with van der Waals surface area (Å²) in [4.78, 5) is 16.2. The lowest BCUT2D eigenvalue weighted by molar-refractivity contribution is 0.0398. The van der Waals surface area contributed by atoms with Gasteiger partial charge in [-0.3, -0.25) is 4.90 Å². The SMILES string of the molecule is CC(C)(C)OC(=O)N1C=CC2C(=C1)c1cccc3c1N2CC=C3. The van der Waals surface area contributed by atoms with E-state index in [0.717, 1.165) is 12.1 Å². The van der Waals surface area contributed by atoms with Gasteiger partial charge >= 0.3 is 6.09 Å². The van der Waals surface area contributed by atoms with Gasteiger partial charge in [-0.2, -0.15) is 0 Å². The van der Waals surface area contributed by atoms with Gasteiger partial charge in [0.1, 0.15) is 5.60 Å². The van der Waals surface area contributed by atoms with Crippen molar-refractivity contribution in [2.24, 2.45) is 0 Å². The number of hydrogen-bond donors (Lipinski definition) is 0. The lowest BCUT2D eigenvalue weighted by Crippen LogP contribution is -2.36. The van der Waals surface area contributed by atoms with Crippen LogP contribution in [0, 0.1) is 0 Å². The van der Waals surface area contributed by atoms with Gasteiger partial charge in [0.25, 0.3) is 0 Å². The lowest BCUT2D eigenvalue weighted by Gasteiger charge is -2.31. The number of carbonyl (C=O) groups excluding carboxylic acids is 1. The molecule has 1 amide bonds. The fourth-order valence-electron chi connectivity index (χ4n) is 3.36. The molecule has 3 aliphatic rings. The molecule has 0 saturated carbocycles. The Morgan fingerprint density at radius 2 is 2.13 bits per heavy atom. The van der Waals surface area contributed by atoms with Gasteiger partial charge in [-0.15, -0.1) is 0 Å². The van der Waals surface area contributed by atoms with E-state index in [-0.39, 0.29) is 12.1 Å². The van der Waals surface area contributed by atoms with Crippen LogP contribution in [0.15, 0.2) is 42.8 Å². The highest BCUT2D eigenvalue weighted by Crippen LogP contribution is 2.46. The van der Waals surface area contributed by atoms with Gasteiger partial charge in [0, 0.05) is 30.1 Å². The van der Waals surface area contributed by atoms with Crippen LogP contribution in [0.1, 0.15) is 31.9 Å². The topological polar surface area (TPSA) is 32.8 Å². The van der Waals surface area contributed by atoms with Crippen LogP contribution in [0.25, 0.3) is 11.6 Å². The Morgan fingerprint density at radius 1 is 1.30 bits per heavy atom. The highest BCUT2D eigenvalue weighted by molar-refractivity contribution is 5.96. The molecular formula is C19H20N2O2. The van der Waals surface area contributed by atoms with Gasteiger partial charge in [-0.05, 0) is 32.4 Å². The van der Waals surface area contributed by atoms with Crippen molar-refractivity contribution < 1.29 is 9.53 Å².